The first-order valence-electron chi connectivity index (χ1n) is 8.37. The second-order valence-corrected chi connectivity index (χ2v) is 10.1. The first-order valence-corrected chi connectivity index (χ1v) is 11.1. The third-order valence-corrected chi connectivity index (χ3v) is 7.25. The van der Waals surface area contributed by atoms with E-state index >= 15 is 0 Å². The highest BCUT2D eigenvalue weighted by molar-refractivity contribution is 7.91. The average Bonchev–Trinajstić information content (AvgIpc) is 2.97. The minimum atomic E-state index is -2.99. The van der Waals surface area contributed by atoms with Gasteiger partial charge in [-0.2, -0.15) is 0 Å². The summed E-state index contributed by atoms with van der Waals surface area (Å²) in [7, 11) is -2.99. The van der Waals surface area contributed by atoms with E-state index in [1.807, 2.05) is 37.3 Å². The first-order chi connectivity index (χ1) is 11.8. The molecule has 1 fully saturated rings. The van der Waals surface area contributed by atoms with Gasteiger partial charge in [-0.1, -0.05) is 30.3 Å². The number of aryl methyl sites for hydroxylation is 1. The molecule has 7 heteroatoms. The quantitative estimate of drug-likeness (QED) is 0.886. The summed E-state index contributed by atoms with van der Waals surface area (Å²) in [5.74, 6) is -0.118. The number of nitrogens with zero attached hydrogens (tertiary/aromatic N) is 1. The molecule has 1 amide bonds. The maximum Gasteiger partial charge on any atom is 0.263 e. The first kappa shape index (κ1) is 18.1. The standard InChI is InChI=1S/C18H22N2O3S2/c1-12-19-16(13-6-4-3-5-7-13)17(24-12)18(21)20-14-8-10-15(11-9-14)25(2,22)23/h3-7,14-15H,8-11H2,1-2H3,(H,20,21). The Morgan fingerprint density at radius 2 is 1.80 bits per heavy atom. The molecular formula is C18H22N2O3S2. The zero-order chi connectivity index (χ0) is 18.0. The molecule has 0 aliphatic heterocycles. The van der Waals surface area contributed by atoms with Gasteiger partial charge in [-0.15, -0.1) is 11.3 Å². The summed E-state index contributed by atoms with van der Waals surface area (Å²) in [6, 6.07) is 9.71. The Morgan fingerprint density at radius 3 is 2.40 bits per heavy atom. The topological polar surface area (TPSA) is 76.1 Å². The van der Waals surface area contributed by atoms with E-state index in [0.29, 0.717) is 36.3 Å². The molecule has 0 atom stereocenters. The van der Waals surface area contributed by atoms with Crippen LogP contribution in [0, 0.1) is 6.92 Å². The Bertz CT molecular complexity index is 852. The van der Waals surface area contributed by atoms with Gasteiger partial charge in [0.15, 0.2) is 0 Å². The molecule has 1 aliphatic carbocycles. The number of hydrogen-bond donors (Lipinski definition) is 1. The number of hydrogen-bond acceptors (Lipinski definition) is 5. The van der Waals surface area contributed by atoms with Crippen LogP contribution in [0.1, 0.15) is 40.4 Å². The van der Waals surface area contributed by atoms with Crippen molar-refractivity contribution in [1.82, 2.24) is 10.3 Å². The van der Waals surface area contributed by atoms with Crippen LogP contribution in [0.15, 0.2) is 30.3 Å². The molecule has 0 bridgehead atoms. The smallest absolute Gasteiger partial charge is 0.263 e. The lowest BCUT2D eigenvalue weighted by Crippen LogP contribution is -2.40. The van der Waals surface area contributed by atoms with Gasteiger partial charge in [-0.05, 0) is 32.6 Å². The van der Waals surface area contributed by atoms with Gasteiger partial charge in [0.25, 0.3) is 5.91 Å². The molecule has 1 aromatic heterocycles. The minimum Gasteiger partial charge on any atom is -0.349 e. The van der Waals surface area contributed by atoms with Crippen molar-refractivity contribution in [3.63, 3.8) is 0 Å². The van der Waals surface area contributed by atoms with Crippen molar-refractivity contribution in [1.29, 1.82) is 0 Å². The summed E-state index contributed by atoms with van der Waals surface area (Å²) in [4.78, 5) is 17.9. The normalized spacial score (nSPS) is 21.0. The van der Waals surface area contributed by atoms with E-state index in [0.717, 1.165) is 10.6 Å². The molecule has 1 heterocycles. The van der Waals surface area contributed by atoms with Gasteiger partial charge in [0.05, 0.1) is 16.0 Å². The number of nitrogens with one attached hydrogen (secondary N) is 1. The number of sulfone groups is 1. The zero-order valence-corrected chi connectivity index (χ0v) is 16.0. The van der Waals surface area contributed by atoms with E-state index < -0.39 is 9.84 Å². The Kier molecular flexibility index (Phi) is 5.24. The molecule has 134 valence electrons. The second-order valence-electron chi connectivity index (χ2n) is 6.55. The van der Waals surface area contributed by atoms with E-state index in [-0.39, 0.29) is 17.2 Å². The van der Waals surface area contributed by atoms with Crippen LogP contribution in [-0.2, 0) is 9.84 Å². The molecule has 1 N–H and O–H groups in total. The summed E-state index contributed by atoms with van der Waals surface area (Å²) in [5.41, 5.74) is 1.64. The lowest BCUT2D eigenvalue weighted by Gasteiger charge is -2.27. The fourth-order valence-corrected chi connectivity index (χ4v) is 5.23. The van der Waals surface area contributed by atoms with Crippen LogP contribution in [0.25, 0.3) is 11.3 Å². The molecular weight excluding hydrogens is 356 g/mol. The monoisotopic (exact) mass is 378 g/mol. The lowest BCUT2D eigenvalue weighted by molar-refractivity contribution is 0.0932. The molecule has 0 spiro atoms. The SMILES string of the molecule is Cc1nc(-c2ccccc2)c(C(=O)NC2CCC(S(C)(=O)=O)CC2)s1. The highest BCUT2D eigenvalue weighted by Crippen LogP contribution is 2.29. The number of thiazole rings is 1. The van der Waals surface area contributed by atoms with Crippen LogP contribution < -0.4 is 5.32 Å². The van der Waals surface area contributed by atoms with Gasteiger partial charge in [0.1, 0.15) is 14.7 Å². The van der Waals surface area contributed by atoms with Crippen molar-refractivity contribution in [2.75, 3.05) is 6.26 Å². The molecule has 0 unspecified atom stereocenters. The van der Waals surface area contributed by atoms with Crippen LogP contribution in [0.2, 0.25) is 0 Å². The largest absolute Gasteiger partial charge is 0.349 e. The highest BCUT2D eigenvalue weighted by Gasteiger charge is 2.29. The second kappa shape index (κ2) is 7.25. The zero-order valence-electron chi connectivity index (χ0n) is 14.4. The fraction of sp³-hybridized carbons (Fsp3) is 0.444. The Balaban J connectivity index is 1.71. The average molecular weight is 379 g/mol. The van der Waals surface area contributed by atoms with Crippen molar-refractivity contribution in [3.05, 3.63) is 40.2 Å². The number of benzene rings is 1. The number of carbonyl (C=O) groups is 1. The predicted molar refractivity (Wildman–Crippen MR) is 101 cm³/mol. The van der Waals surface area contributed by atoms with Gasteiger partial charge in [0.2, 0.25) is 0 Å². The van der Waals surface area contributed by atoms with Crippen molar-refractivity contribution in [2.45, 2.75) is 43.9 Å². The Labute approximate surface area is 152 Å². The maximum absolute atomic E-state index is 12.7. The van der Waals surface area contributed by atoms with Crippen LogP contribution in [0.3, 0.4) is 0 Å². The van der Waals surface area contributed by atoms with Crippen molar-refractivity contribution in [3.8, 4) is 11.3 Å². The predicted octanol–water partition coefficient (Wildman–Crippen LogP) is 3.20. The van der Waals surface area contributed by atoms with E-state index in [9.17, 15) is 13.2 Å². The molecule has 0 radical (unpaired) electrons. The molecule has 0 saturated heterocycles. The van der Waals surface area contributed by atoms with Crippen LogP contribution in [-0.4, -0.2) is 36.9 Å². The van der Waals surface area contributed by atoms with Gasteiger partial charge in [-0.3, -0.25) is 4.79 Å². The summed E-state index contributed by atoms with van der Waals surface area (Å²) in [5, 5.41) is 3.65. The van der Waals surface area contributed by atoms with Crippen molar-refractivity contribution >= 4 is 27.1 Å². The van der Waals surface area contributed by atoms with Gasteiger partial charge in [0, 0.05) is 17.9 Å². The number of carbonyl (C=O) groups excluding carboxylic acids is 1. The summed E-state index contributed by atoms with van der Waals surface area (Å²) < 4.78 is 23.3. The summed E-state index contributed by atoms with van der Waals surface area (Å²) in [6.07, 6.45) is 3.90. The third kappa shape index (κ3) is 4.27. The summed E-state index contributed by atoms with van der Waals surface area (Å²) >= 11 is 1.39. The van der Waals surface area contributed by atoms with Crippen LogP contribution >= 0.6 is 11.3 Å². The van der Waals surface area contributed by atoms with E-state index in [1.165, 1.54) is 17.6 Å². The van der Waals surface area contributed by atoms with Gasteiger partial charge in [-0.25, -0.2) is 13.4 Å². The van der Waals surface area contributed by atoms with E-state index in [1.54, 1.807) is 0 Å². The van der Waals surface area contributed by atoms with Gasteiger partial charge < -0.3 is 5.32 Å². The Morgan fingerprint density at radius 1 is 1.16 bits per heavy atom. The van der Waals surface area contributed by atoms with Crippen LogP contribution in [0.5, 0.6) is 0 Å². The molecule has 5 nitrogen and oxygen atoms in total. The number of amides is 1. The summed E-state index contributed by atoms with van der Waals surface area (Å²) in [6.45, 7) is 1.89. The molecule has 1 aliphatic rings. The molecule has 25 heavy (non-hydrogen) atoms. The van der Waals surface area contributed by atoms with Crippen LogP contribution in [0.4, 0.5) is 0 Å². The molecule has 3 rings (SSSR count). The van der Waals surface area contributed by atoms with Gasteiger partial charge >= 0.3 is 0 Å². The third-order valence-electron chi connectivity index (χ3n) is 4.60. The molecule has 1 saturated carbocycles. The van der Waals surface area contributed by atoms with E-state index in [2.05, 4.69) is 10.3 Å². The van der Waals surface area contributed by atoms with Crippen molar-refractivity contribution < 1.29 is 13.2 Å². The highest BCUT2D eigenvalue weighted by atomic mass is 32.2. The molecule has 1 aromatic carbocycles. The molecule has 2 aromatic rings. The minimum absolute atomic E-state index is 0.0246. The number of aromatic nitrogens is 1. The van der Waals surface area contributed by atoms with E-state index in [4.69, 9.17) is 0 Å². The van der Waals surface area contributed by atoms with Crippen molar-refractivity contribution in [2.24, 2.45) is 0 Å². The number of rotatable bonds is 4. The lowest BCUT2D eigenvalue weighted by atomic mass is 9.95. The Hall–Kier alpha value is -1.73. The maximum atomic E-state index is 12.7. The fourth-order valence-electron chi connectivity index (χ4n) is 3.26.